The lowest BCUT2D eigenvalue weighted by molar-refractivity contribution is -0.156. The van der Waals surface area contributed by atoms with Gasteiger partial charge in [0.15, 0.2) is 12.7 Å². The van der Waals surface area contributed by atoms with Crippen molar-refractivity contribution >= 4 is 23.8 Å². The number of benzene rings is 1. The standard InChI is InChI=1S/C21H27N3O6/c1-13-7-9-21(10-8-13)19(27)24(20(28)22-21)23-17(25)12-29-18(26)15(3)30-16-6-4-5-14(2)11-16/h4-6,11,13,15H,7-10,12H2,1-3H3,(H,22,28)(H,23,25)/t13?,15-,21?/m0/s1. The first-order valence-corrected chi connectivity index (χ1v) is 10.1. The molecule has 1 aliphatic carbocycles. The maximum atomic E-state index is 12.7. The van der Waals surface area contributed by atoms with E-state index in [2.05, 4.69) is 17.7 Å². The quantitative estimate of drug-likeness (QED) is 0.539. The number of hydrazine groups is 1. The highest BCUT2D eigenvalue weighted by Crippen LogP contribution is 2.35. The van der Waals surface area contributed by atoms with Crippen molar-refractivity contribution in [2.45, 2.75) is 58.1 Å². The summed E-state index contributed by atoms with van der Waals surface area (Å²) in [6.07, 6.45) is 1.79. The van der Waals surface area contributed by atoms with Crippen LogP contribution < -0.4 is 15.5 Å². The number of amides is 4. The largest absolute Gasteiger partial charge is 0.479 e. The molecule has 0 unspecified atom stereocenters. The molecular formula is C21H27N3O6. The zero-order valence-corrected chi connectivity index (χ0v) is 17.4. The van der Waals surface area contributed by atoms with Gasteiger partial charge in [-0.3, -0.25) is 15.0 Å². The molecule has 9 nitrogen and oxygen atoms in total. The van der Waals surface area contributed by atoms with Gasteiger partial charge in [0.05, 0.1) is 0 Å². The summed E-state index contributed by atoms with van der Waals surface area (Å²) < 4.78 is 10.5. The average molecular weight is 417 g/mol. The van der Waals surface area contributed by atoms with Crippen molar-refractivity contribution in [3.63, 3.8) is 0 Å². The topological polar surface area (TPSA) is 114 Å². The van der Waals surface area contributed by atoms with Crippen LogP contribution in [0.3, 0.4) is 0 Å². The number of hydrogen-bond donors (Lipinski definition) is 2. The summed E-state index contributed by atoms with van der Waals surface area (Å²) >= 11 is 0. The molecule has 0 aromatic heterocycles. The number of imide groups is 1. The number of hydrogen-bond acceptors (Lipinski definition) is 6. The van der Waals surface area contributed by atoms with Crippen LogP contribution in [0, 0.1) is 12.8 Å². The zero-order chi connectivity index (χ0) is 21.9. The molecule has 2 fully saturated rings. The fourth-order valence-corrected chi connectivity index (χ4v) is 3.67. The van der Waals surface area contributed by atoms with Crippen LogP contribution >= 0.6 is 0 Å². The molecule has 0 bridgehead atoms. The van der Waals surface area contributed by atoms with E-state index in [1.54, 1.807) is 18.2 Å². The van der Waals surface area contributed by atoms with Crippen LogP contribution in [0.1, 0.15) is 45.1 Å². The summed E-state index contributed by atoms with van der Waals surface area (Å²) in [5.74, 6) is -0.990. The number of ether oxygens (including phenoxy) is 2. The molecule has 30 heavy (non-hydrogen) atoms. The monoisotopic (exact) mass is 417 g/mol. The highest BCUT2D eigenvalue weighted by Gasteiger charge is 2.52. The van der Waals surface area contributed by atoms with Gasteiger partial charge < -0.3 is 14.8 Å². The predicted molar refractivity (Wildman–Crippen MR) is 106 cm³/mol. The molecule has 1 spiro atoms. The lowest BCUT2D eigenvalue weighted by Crippen LogP contribution is -2.52. The number of carbonyl (C=O) groups is 4. The number of carbonyl (C=O) groups excluding carboxylic acids is 4. The second-order valence-electron chi connectivity index (χ2n) is 8.05. The van der Waals surface area contributed by atoms with Gasteiger partial charge in [-0.05, 0) is 63.1 Å². The summed E-state index contributed by atoms with van der Waals surface area (Å²) in [5.41, 5.74) is 2.25. The fraction of sp³-hybridized carbons (Fsp3) is 0.524. The summed E-state index contributed by atoms with van der Waals surface area (Å²) in [6.45, 7) is 4.87. The molecule has 1 heterocycles. The highest BCUT2D eigenvalue weighted by atomic mass is 16.6. The first-order valence-electron chi connectivity index (χ1n) is 10.1. The SMILES string of the molecule is Cc1cccc(O[C@@H](C)C(=O)OCC(=O)NN2C(=O)NC3(CCC(C)CC3)C2=O)c1. The Bertz CT molecular complexity index is 847. The molecule has 1 aromatic rings. The van der Waals surface area contributed by atoms with E-state index < -0.39 is 42.1 Å². The molecule has 1 atom stereocenters. The number of urea groups is 1. The molecule has 2 N–H and O–H groups in total. The number of esters is 1. The summed E-state index contributed by atoms with van der Waals surface area (Å²) in [7, 11) is 0. The fourth-order valence-electron chi connectivity index (χ4n) is 3.67. The van der Waals surface area contributed by atoms with Gasteiger partial charge in [-0.15, -0.1) is 0 Å². The van der Waals surface area contributed by atoms with Crippen molar-refractivity contribution in [2.24, 2.45) is 5.92 Å². The molecule has 3 rings (SSSR count). The highest BCUT2D eigenvalue weighted by molar-refractivity contribution is 6.08. The van der Waals surface area contributed by atoms with Crippen LogP contribution in [-0.2, 0) is 19.1 Å². The number of aryl methyl sites for hydroxylation is 1. The van der Waals surface area contributed by atoms with Gasteiger partial charge in [0.1, 0.15) is 11.3 Å². The van der Waals surface area contributed by atoms with Crippen molar-refractivity contribution in [1.82, 2.24) is 15.8 Å². The van der Waals surface area contributed by atoms with Gasteiger partial charge in [-0.1, -0.05) is 19.1 Å². The van der Waals surface area contributed by atoms with Crippen LogP contribution in [0.4, 0.5) is 4.79 Å². The summed E-state index contributed by atoms with van der Waals surface area (Å²) in [5, 5.41) is 3.38. The van der Waals surface area contributed by atoms with Crippen molar-refractivity contribution in [2.75, 3.05) is 6.61 Å². The van der Waals surface area contributed by atoms with E-state index >= 15 is 0 Å². The minimum atomic E-state index is -0.955. The smallest absolute Gasteiger partial charge is 0.347 e. The second-order valence-corrected chi connectivity index (χ2v) is 8.05. The third kappa shape index (κ3) is 4.72. The predicted octanol–water partition coefficient (Wildman–Crippen LogP) is 1.84. The van der Waals surface area contributed by atoms with Crippen LogP contribution in [0.2, 0.25) is 0 Å². The Kier molecular flexibility index (Phi) is 6.28. The number of nitrogens with one attached hydrogen (secondary N) is 2. The van der Waals surface area contributed by atoms with Gasteiger partial charge in [0, 0.05) is 0 Å². The van der Waals surface area contributed by atoms with E-state index in [1.807, 2.05) is 13.0 Å². The second kappa shape index (κ2) is 8.73. The van der Waals surface area contributed by atoms with E-state index in [0.29, 0.717) is 29.5 Å². The lowest BCUT2D eigenvalue weighted by Gasteiger charge is -2.33. The molecule has 1 aromatic carbocycles. The van der Waals surface area contributed by atoms with Crippen LogP contribution in [0.15, 0.2) is 24.3 Å². The van der Waals surface area contributed by atoms with E-state index in [9.17, 15) is 19.2 Å². The molecule has 1 saturated carbocycles. The van der Waals surface area contributed by atoms with Crippen molar-refractivity contribution in [1.29, 1.82) is 0 Å². The number of nitrogens with zero attached hydrogens (tertiary/aromatic N) is 1. The minimum Gasteiger partial charge on any atom is -0.479 e. The minimum absolute atomic E-state index is 0.477. The Labute approximate surface area is 175 Å². The molecule has 4 amide bonds. The average Bonchev–Trinajstić information content (AvgIpc) is 2.92. The number of rotatable bonds is 6. The Morgan fingerprint density at radius 2 is 2.00 bits per heavy atom. The third-order valence-corrected chi connectivity index (χ3v) is 5.51. The Morgan fingerprint density at radius 1 is 1.30 bits per heavy atom. The van der Waals surface area contributed by atoms with Crippen molar-refractivity contribution in [3.8, 4) is 5.75 Å². The van der Waals surface area contributed by atoms with Gasteiger partial charge in [0.2, 0.25) is 0 Å². The summed E-state index contributed by atoms with van der Waals surface area (Å²) in [4.78, 5) is 49.1. The molecule has 1 saturated heterocycles. The molecule has 2 aliphatic rings. The third-order valence-electron chi connectivity index (χ3n) is 5.51. The van der Waals surface area contributed by atoms with Crippen LogP contribution in [0.5, 0.6) is 5.75 Å². The maximum absolute atomic E-state index is 12.7. The van der Waals surface area contributed by atoms with Crippen molar-refractivity contribution < 1.29 is 28.7 Å². The zero-order valence-electron chi connectivity index (χ0n) is 17.4. The molecule has 9 heteroatoms. The summed E-state index contributed by atoms with van der Waals surface area (Å²) in [6, 6.07) is 6.51. The van der Waals surface area contributed by atoms with Crippen LogP contribution in [-0.4, -0.2) is 47.1 Å². The molecule has 162 valence electrons. The van der Waals surface area contributed by atoms with Gasteiger partial charge in [-0.2, -0.15) is 5.01 Å². The van der Waals surface area contributed by atoms with Crippen LogP contribution in [0.25, 0.3) is 0 Å². The van der Waals surface area contributed by atoms with E-state index in [-0.39, 0.29) is 0 Å². The first kappa shape index (κ1) is 21.6. The van der Waals surface area contributed by atoms with Crippen molar-refractivity contribution in [3.05, 3.63) is 29.8 Å². The Morgan fingerprint density at radius 3 is 2.67 bits per heavy atom. The Balaban J connectivity index is 1.49. The Hall–Kier alpha value is -3.10. The van der Waals surface area contributed by atoms with Gasteiger partial charge in [-0.25, -0.2) is 9.59 Å². The van der Waals surface area contributed by atoms with Gasteiger partial charge >= 0.3 is 12.0 Å². The lowest BCUT2D eigenvalue weighted by atomic mass is 9.77. The molecule has 1 aliphatic heterocycles. The first-order chi connectivity index (χ1) is 14.2. The van der Waals surface area contributed by atoms with E-state index in [0.717, 1.165) is 18.4 Å². The van der Waals surface area contributed by atoms with Gasteiger partial charge in [0.25, 0.3) is 11.8 Å². The maximum Gasteiger partial charge on any atom is 0.347 e. The molecular weight excluding hydrogens is 390 g/mol. The van der Waals surface area contributed by atoms with E-state index in [4.69, 9.17) is 9.47 Å². The van der Waals surface area contributed by atoms with E-state index in [1.165, 1.54) is 6.92 Å². The molecule has 0 radical (unpaired) electrons. The normalized spacial score (nSPS) is 24.4.